The van der Waals surface area contributed by atoms with Gasteiger partial charge in [-0.1, -0.05) is 0 Å². The minimum absolute atomic E-state index is 0.0635. The maximum Gasteiger partial charge on any atom is 0.271 e. The Kier molecular flexibility index (Phi) is 2.73. The molecular weight excluding hydrogens is 226 g/mol. The van der Waals surface area contributed by atoms with E-state index in [-0.39, 0.29) is 36.0 Å². The lowest BCUT2D eigenvalue weighted by Crippen LogP contribution is -2.22. The first-order valence-electron chi connectivity index (χ1n) is 4.94. The average Bonchev–Trinajstić information content (AvgIpc) is 2.26. The van der Waals surface area contributed by atoms with Crippen molar-refractivity contribution in [1.82, 2.24) is 0 Å². The van der Waals surface area contributed by atoms with Crippen molar-refractivity contribution >= 4 is 28.9 Å². The van der Waals surface area contributed by atoms with Gasteiger partial charge < -0.3 is 10.6 Å². The summed E-state index contributed by atoms with van der Waals surface area (Å²) >= 11 is 0. The Hall–Kier alpha value is -2.44. The number of amides is 2. The van der Waals surface area contributed by atoms with E-state index in [1.165, 1.54) is 18.2 Å². The molecule has 2 rings (SSSR count). The fourth-order valence-corrected chi connectivity index (χ4v) is 1.51. The number of carbonyl (C=O) groups excluding carboxylic acids is 2. The Morgan fingerprint density at radius 3 is 2.24 bits per heavy atom. The van der Waals surface area contributed by atoms with Crippen molar-refractivity contribution in [2.45, 2.75) is 12.8 Å². The molecule has 0 spiro atoms. The van der Waals surface area contributed by atoms with Crippen molar-refractivity contribution in [3.63, 3.8) is 0 Å². The second kappa shape index (κ2) is 4.20. The summed E-state index contributed by atoms with van der Waals surface area (Å²) in [7, 11) is 0. The van der Waals surface area contributed by atoms with E-state index in [9.17, 15) is 19.7 Å². The summed E-state index contributed by atoms with van der Waals surface area (Å²) in [5, 5.41) is 15.7. The molecule has 0 unspecified atom stereocenters. The van der Waals surface area contributed by atoms with Gasteiger partial charge in [-0.25, -0.2) is 0 Å². The molecule has 7 nitrogen and oxygen atoms in total. The molecule has 1 aliphatic rings. The Balaban J connectivity index is 2.43. The molecule has 0 saturated carbocycles. The zero-order valence-electron chi connectivity index (χ0n) is 8.73. The minimum atomic E-state index is -0.562. The van der Waals surface area contributed by atoms with E-state index in [4.69, 9.17) is 0 Å². The van der Waals surface area contributed by atoms with Crippen LogP contribution >= 0.6 is 0 Å². The Labute approximate surface area is 96.0 Å². The van der Waals surface area contributed by atoms with Crippen LogP contribution in [0.2, 0.25) is 0 Å². The summed E-state index contributed by atoms with van der Waals surface area (Å²) < 4.78 is 0. The highest BCUT2D eigenvalue weighted by Crippen LogP contribution is 2.28. The first-order valence-corrected chi connectivity index (χ1v) is 4.94. The number of carbonyl (C=O) groups is 2. The van der Waals surface area contributed by atoms with Crippen molar-refractivity contribution in [3.05, 3.63) is 28.3 Å². The number of nitrogens with one attached hydrogen (secondary N) is 2. The molecule has 7 heteroatoms. The molecule has 0 radical (unpaired) electrons. The molecule has 0 aromatic heterocycles. The molecule has 88 valence electrons. The zero-order valence-corrected chi connectivity index (χ0v) is 8.73. The normalized spacial score (nSPS) is 15.1. The van der Waals surface area contributed by atoms with Crippen molar-refractivity contribution in [3.8, 4) is 0 Å². The van der Waals surface area contributed by atoms with Gasteiger partial charge in [0.05, 0.1) is 16.3 Å². The first kappa shape index (κ1) is 11.1. The monoisotopic (exact) mass is 235 g/mol. The molecule has 0 bridgehead atoms. The molecule has 0 saturated heterocycles. The Bertz CT molecular complexity index is 512. The lowest BCUT2D eigenvalue weighted by atomic mass is 10.2. The summed E-state index contributed by atoms with van der Waals surface area (Å²) in [6, 6.07) is 3.89. The maximum atomic E-state index is 11.4. The second-order valence-corrected chi connectivity index (χ2v) is 3.58. The fourth-order valence-electron chi connectivity index (χ4n) is 1.51. The van der Waals surface area contributed by atoms with E-state index in [1.54, 1.807) is 0 Å². The smallest absolute Gasteiger partial charge is 0.271 e. The number of rotatable bonds is 1. The van der Waals surface area contributed by atoms with Gasteiger partial charge in [0.15, 0.2) is 0 Å². The highest BCUT2D eigenvalue weighted by Gasteiger charge is 2.18. The third-order valence-electron chi connectivity index (χ3n) is 2.34. The van der Waals surface area contributed by atoms with Gasteiger partial charge in [-0.2, -0.15) is 0 Å². The minimum Gasteiger partial charge on any atom is -0.324 e. The maximum absolute atomic E-state index is 11.4. The van der Waals surface area contributed by atoms with Gasteiger partial charge in [-0.15, -0.1) is 0 Å². The lowest BCUT2D eigenvalue weighted by molar-refractivity contribution is -0.384. The number of nitro benzene ring substituents is 1. The van der Waals surface area contributed by atoms with E-state index < -0.39 is 4.92 Å². The van der Waals surface area contributed by atoms with Gasteiger partial charge in [0.2, 0.25) is 11.8 Å². The van der Waals surface area contributed by atoms with Gasteiger partial charge in [0, 0.05) is 25.0 Å². The molecule has 1 aliphatic heterocycles. The number of benzene rings is 1. The van der Waals surface area contributed by atoms with E-state index in [1.807, 2.05) is 0 Å². The predicted octanol–water partition coefficient (Wildman–Crippen LogP) is 1.27. The third-order valence-corrected chi connectivity index (χ3v) is 2.34. The predicted molar refractivity (Wildman–Crippen MR) is 59.6 cm³/mol. The Morgan fingerprint density at radius 2 is 1.65 bits per heavy atom. The summed E-state index contributed by atoms with van der Waals surface area (Å²) in [6.45, 7) is 0. The molecule has 0 atom stereocenters. The second-order valence-electron chi connectivity index (χ2n) is 3.58. The first-order chi connectivity index (χ1) is 8.06. The van der Waals surface area contributed by atoms with Crippen LogP contribution in [-0.2, 0) is 9.59 Å². The van der Waals surface area contributed by atoms with Gasteiger partial charge in [0.25, 0.3) is 5.69 Å². The summed E-state index contributed by atoms with van der Waals surface area (Å²) in [5.41, 5.74) is 0.477. The van der Waals surface area contributed by atoms with Gasteiger partial charge in [-0.3, -0.25) is 19.7 Å². The van der Waals surface area contributed by atoms with Crippen molar-refractivity contribution < 1.29 is 14.5 Å². The molecule has 1 aromatic carbocycles. The van der Waals surface area contributed by atoms with E-state index in [0.717, 1.165) is 0 Å². The molecule has 1 heterocycles. The molecule has 2 amide bonds. The highest BCUT2D eigenvalue weighted by molar-refractivity contribution is 6.04. The van der Waals surface area contributed by atoms with Gasteiger partial charge >= 0.3 is 0 Å². The van der Waals surface area contributed by atoms with E-state index in [2.05, 4.69) is 10.6 Å². The SMILES string of the molecule is O=C1CCC(=O)Nc2cc([N+](=O)[O-])ccc2N1. The Morgan fingerprint density at radius 1 is 1.06 bits per heavy atom. The topological polar surface area (TPSA) is 101 Å². The quantitative estimate of drug-likeness (QED) is 0.565. The number of nitrogens with zero attached hydrogens (tertiary/aromatic N) is 1. The van der Waals surface area contributed by atoms with Crippen molar-refractivity contribution in [2.24, 2.45) is 0 Å². The van der Waals surface area contributed by atoms with Crippen LogP contribution in [-0.4, -0.2) is 16.7 Å². The van der Waals surface area contributed by atoms with Crippen LogP contribution in [0.15, 0.2) is 18.2 Å². The van der Waals surface area contributed by atoms with Crippen LogP contribution < -0.4 is 10.6 Å². The number of non-ortho nitro benzene ring substituents is 1. The van der Waals surface area contributed by atoms with Crippen LogP contribution in [0.4, 0.5) is 17.1 Å². The molecule has 17 heavy (non-hydrogen) atoms. The molecular formula is C10H9N3O4. The van der Waals surface area contributed by atoms with Gasteiger partial charge in [-0.05, 0) is 6.07 Å². The molecule has 0 aliphatic carbocycles. The lowest BCUT2D eigenvalue weighted by Gasteiger charge is -2.15. The van der Waals surface area contributed by atoms with E-state index >= 15 is 0 Å². The van der Waals surface area contributed by atoms with Crippen molar-refractivity contribution in [1.29, 1.82) is 0 Å². The molecule has 2 N–H and O–H groups in total. The standard InChI is InChI=1S/C10H9N3O4/c14-9-3-4-10(15)12-8-5-6(13(16)17)1-2-7(8)11-9/h1-2,5H,3-4H2,(H,11,14)(H,12,15). The summed E-state index contributed by atoms with van der Waals surface area (Å²) in [6.07, 6.45) is 0.163. The third kappa shape index (κ3) is 2.39. The average molecular weight is 235 g/mol. The van der Waals surface area contributed by atoms with Crippen LogP contribution in [0.25, 0.3) is 0 Å². The largest absolute Gasteiger partial charge is 0.324 e. The number of nitro groups is 1. The van der Waals surface area contributed by atoms with Gasteiger partial charge in [0.1, 0.15) is 0 Å². The highest BCUT2D eigenvalue weighted by atomic mass is 16.6. The summed E-state index contributed by atoms with van der Waals surface area (Å²) in [4.78, 5) is 32.7. The fraction of sp³-hybridized carbons (Fsp3) is 0.200. The van der Waals surface area contributed by atoms with Crippen LogP contribution in [0.3, 0.4) is 0 Å². The van der Waals surface area contributed by atoms with Crippen LogP contribution in [0, 0.1) is 10.1 Å². The number of hydrogen-bond donors (Lipinski definition) is 2. The number of fused-ring (bicyclic) bond motifs is 1. The number of anilines is 2. The molecule has 1 aromatic rings. The zero-order chi connectivity index (χ0) is 12.4. The van der Waals surface area contributed by atoms with Crippen LogP contribution in [0.1, 0.15) is 12.8 Å². The van der Waals surface area contributed by atoms with Crippen LogP contribution in [0.5, 0.6) is 0 Å². The van der Waals surface area contributed by atoms with Crippen molar-refractivity contribution in [2.75, 3.05) is 10.6 Å². The van der Waals surface area contributed by atoms with E-state index in [0.29, 0.717) is 5.69 Å². The summed E-state index contributed by atoms with van der Waals surface area (Å²) in [5.74, 6) is -0.614. The number of hydrogen-bond acceptors (Lipinski definition) is 4. The molecule has 0 fully saturated rings.